The van der Waals surface area contributed by atoms with Gasteiger partial charge in [-0.1, -0.05) is 168 Å². The topological polar surface area (TPSA) is 372 Å². The van der Waals surface area contributed by atoms with E-state index in [4.69, 9.17) is 37.8 Å². The Morgan fingerprint density at radius 3 is 1.57 bits per heavy atom. The van der Waals surface area contributed by atoms with E-state index in [2.05, 4.69) is 49.5 Å². The number of phosphoric ester groups is 2. The van der Waals surface area contributed by atoms with Crippen LogP contribution in [0, 0.1) is 12.5 Å². The average molecular weight is 1310 g/mol. The second kappa shape index (κ2) is 39.4. The molecule has 10 atom stereocenters. The molecule has 6 rings (SSSR count). The molecule has 3 fully saturated rings. The molecule has 0 spiro atoms. The monoisotopic (exact) mass is 1310 g/mol. The number of rotatable bonds is 45. The number of hydrogen-bond acceptors (Lipinski definition) is 19. The molecule has 3 aromatic heterocycles. The summed E-state index contributed by atoms with van der Waals surface area (Å²) in [6, 6.07) is 1.92. The van der Waals surface area contributed by atoms with E-state index in [1.165, 1.54) is 158 Å². The molecule has 0 aromatic carbocycles. The van der Waals surface area contributed by atoms with E-state index in [0.29, 0.717) is 25.7 Å². The zero-order valence-corrected chi connectivity index (χ0v) is 54.6. The molecule has 3 aliphatic heterocycles. The summed E-state index contributed by atoms with van der Waals surface area (Å²) in [6.45, 7) is 3.99. The highest BCUT2D eigenvalue weighted by molar-refractivity contribution is 7.47. The largest absolute Gasteiger partial charge is 0.472 e. The van der Waals surface area contributed by atoms with Gasteiger partial charge in [-0.05, 0) is 44.7 Å². The Labute approximate surface area is 526 Å². The first-order valence-corrected chi connectivity index (χ1v) is 35.8. The minimum absolute atomic E-state index is 0.0108. The highest BCUT2D eigenvalue weighted by Crippen LogP contribution is 2.51. The van der Waals surface area contributed by atoms with Gasteiger partial charge < -0.3 is 34.6 Å². The zero-order chi connectivity index (χ0) is 64.7. The molecular formula is C60H98N11O17P2+. The van der Waals surface area contributed by atoms with Crippen LogP contribution in [-0.4, -0.2) is 101 Å². The maximum absolute atomic E-state index is 13.7. The Bertz CT molecular complexity index is 3080. The van der Waals surface area contributed by atoms with Crippen molar-refractivity contribution >= 4 is 39.1 Å². The van der Waals surface area contributed by atoms with Gasteiger partial charge in [0.05, 0.1) is 25.9 Å². The van der Waals surface area contributed by atoms with Crippen molar-refractivity contribution in [2.45, 2.75) is 275 Å². The van der Waals surface area contributed by atoms with Gasteiger partial charge in [-0.25, -0.2) is 23.5 Å². The van der Waals surface area contributed by atoms with Crippen LogP contribution in [0.2, 0.25) is 0 Å². The number of hydrogen-bond donors (Lipinski definition) is 6. The van der Waals surface area contributed by atoms with Gasteiger partial charge in [-0.15, -0.1) is 0 Å². The summed E-state index contributed by atoms with van der Waals surface area (Å²) in [7, 11) is -10.1. The van der Waals surface area contributed by atoms with E-state index < -0.39 is 107 Å². The number of anilines is 2. The minimum Gasteiger partial charge on any atom is -0.352 e. The van der Waals surface area contributed by atoms with Crippen molar-refractivity contribution in [3.8, 4) is 0 Å². The van der Waals surface area contributed by atoms with Crippen LogP contribution in [0.1, 0.15) is 244 Å². The van der Waals surface area contributed by atoms with E-state index in [-0.39, 0.29) is 48.3 Å². The number of carbonyl (C=O) groups excluding carboxylic acids is 2. The van der Waals surface area contributed by atoms with E-state index in [1.807, 2.05) is 0 Å². The number of aryl methyl sites for hydroxylation is 1. The molecule has 10 unspecified atom stereocenters. The van der Waals surface area contributed by atoms with Crippen LogP contribution in [-0.2, 0) is 51.0 Å². The number of amides is 2. The molecule has 0 aliphatic carbocycles. The van der Waals surface area contributed by atoms with Crippen LogP contribution in [0.25, 0.3) is 0 Å². The minimum atomic E-state index is -5.15. The van der Waals surface area contributed by atoms with Crippen molar-refractivity contribution in [2.75, 3.05) is 30.5 Å². The maximum Gasteiger partial charge on any atom is 0.472 e. The molecule has 3 aliphatic rings. The van der Waals surface area contributed by atoms with Crippen LogP contribution in [0.3, 0.4) is 0 Å². The third-order valence-corrected chi connectivity index (χ3v) is 18.4. The molecule has 504 valence electrons. The lowest BCUT2D eigenvalue weighted by Gasteiger charge is -2.23. The molecule has 28 nitrogen and oxygen atoms in total. The van der Waals surface area contributed by atoms with Crippen LogP contribution in [0.15, 0.2) is 55.0 Å². The van der Waals surface area contributed by atoms with Crippen molar-refractivity contribution in [1.82, 2.24) is 33.6 Å². The molecular weight excluding hydrogens is 1210 g/mol. The van der Waals surface area contributed by atoms with E-state index in [1.54, 1.807) is 0 Å². The second-order valence-corrected chi connectivity index (χ2v) is 26.7. The first-order valence-electron chi connectivity index (χ1n) is 32.8. The fourth-order valence-corrected chi connectivity index (χ4v) is 13.1. The van der Waals surface area contributed by atoms with E-state index in [9.17, 15) is 47.7 Å². The summed E-state index contributed by atoms with van der Waals surface area (Å²) in [5, 5.41) is 9.16. The number of aromatic nitrogens is 6. The van der Waals surface area contributed by atoms with Crippen LogP contribution >= 0.6 is 15.6 Å². The third kappa shape index (κ3) is 26.1. The first kappa shape index (κ1) is 73.8. The summed E-state index contributed by atoms with van der Waals surface area (Å²) in [4.78, 5) is 112. The van der Waals surface area contributed by atoms with Gasteiger partial charge in [0, 0.05) is 49.8 Å². The number of nitrogens with one attached hydrogen (secondary N) is 4. The quantitative estimate of drug-likeness (QED) is 0.0132. The number of carbonyl (C=O) groups is 2. The summed E-state index contributed by atoms with van der Waals surface area (Å²) < 4.78 is 70.2. The summed E-state index contributed by atoms with van der Waals surface area (Å²) in [5.41, 5.74) is 4.57. The lowest BCUT2D eigenvalue weighted by molar-refractivity contribution is -0.117. The van der Waals surface area contributed by atoms with Crippen LogP contribution in [0.4, 0.5) is 11.6 Å². The van der Waals surface area contributed by atoms with Gasteiger partial charge in [0.1, 0.15) is 59.3 Å². The van der Waals surface area contributed by atoms with Gasteiger partial charge in [-0.2, -0.15) is 9.97 Å². The molecule has 30 heteroatoms. The summed E-state index contributed by atoms with van der Waals surface area (Å²) in [5.74, 6) is -0.455. The Kier molecular flexibility index (Phi) is 32.3. The second-order valence-electron chi connectivity index (χ2n) is 23.8. The Balaban J connectivity index is 0.986. The SMILES string of the molecule is CCCCCCCCCCCCCCCC(=O)Nc1ccn(C2CCC(COP(=O)(O)OCC3OC(n4ccc(NC(=O)CCCCCCCCCCCCCCC)nc4=O)CC3OP(=O)(O)OCC3OC(n4cc(C)c(=O)[nH]c4=O)CC3N=[N+]=N)O2)c(=O)n1. The predicted molar refractivity (Wildman–Crippen MR) is 335 cm³/mol. The number of ether oxygens (including phenoxy) is 3. The number of phosphoric acid groups is 2. The molecule has 0 bridgehead atoms. The average Bonchev–Trinajstić information content (AvgIpc) is 2.15. The standard InChI is InChI=1S/C60H97N11O17P2/c1-4-6-8-10-12-14-16-18-20-22-24-26-28-30-52(72)62-50-34-36-69(58(75)64-50)54-33-32-45(85-54)41-82-89(78,79)83-43-49-47(88-90(80,81)84-42-48-46(67-68-61)38-55(86-48)71-40-44(3)57(74)66-60(71)77)39-56(87-49)70-37-35-51(65-59(70)76)63-53(73)31-29-27-25-23-21-19-17-15-13-11-9-7-5-2/h34-37,40,45-49,54-56,61H,4-33,38-39,41-43H2,1-3H3,(H4-,62,63,64,65,66,72,73,74,75,76,77,78,79,80,81)/p+1. The number of unbranched alkanes of at least 4 members (excludes halogenated alkanes) is 24. The Hall–Kier alpha value is -5.21. The molecule has 0 radical (unpaired) electrons. The molecule has 90 heavy (non-hydrogen) atoms. The normalized spacial score (nSPS) is 22.1. The van der Waals surface area contributed by atoms with Crippen molar-refractivity contribution < 1.29 is 60.8 Å². The van der Waals surface area contributed by atoms with Gasteiger partial charge in [0.25, 0.3) is 5.56 Å². The van der Waals surface area contributed by atoms with Gasteiger partial charge in [-0.3, -0.25) is 51.2 Å². The van der Waals surface area contributed by atoms with Crippen LogP contribution in [0.5, 0.6) is 0 Å². The molecule has 3 saturated heterocycles. The Morgan fingerprint density at radius 1 is 0.622 bits per heavy atom. The first-order chi connectivity index (χ1) is 43.4. The summed E-state index contributed by atoms with van der Waals surface area (Å²) >= 11 is 0. The van der Waals surface area contributed by atoms with Crippen molar-refractivity contribution in [1.29, 1.82) is 5.53 Å². The predicted octanol–water partition coefficient (Wildman–Crippen LogP) is 11.0. The highest BCUT2D eigenvalue weighted by atomic mass is 31.2. The number of H-pyrrole nitrogens is 1. The third-order valence-electron chi connectivity index (χ3n) is 16.5. The van der Waals surface area contributed by atoms with Gasteiger partial charge in [0.15, 0.2) is 6.04 Å². The molecule has 3 aromatic rings. The molecule has 2 amide bonds. The fraction of sp³-hybridized carbons (Fsp3) is 0.767. The maximum atomic E-state index is 13.7. The lowest BCUT2D eigenvalue weighted by Crippen LogP contribution is -2.33. The van der Waals surface area contributed by atoms with Crippen molar-refractivity contribution in [2.24, 2.45) is 5.11 Å². The van der Waals surface area contributed by atoms with Crippen LogP contribution < -0.4 is 38.2 Å². The Morgan fingerprint density at radius 2 is 1.07 bits per heavy atom. The molecule has 0 saturated carbocycles. The summed E-state index contributed by atoms with van der Waals surface area (Å²) in [6.07, 6.45) is 27.4. The highest BCUT2D eigenvalue weighted by Gasteiger charge is 2.46. The molecule has 6 N–H and O–H groups in total. The fourth-order valence-electron chi connectivity index (χ4n) is 11.3. The van der Waals surface area contributed by atoms with Crippen molar-refractivity contribution in [3.63, 3.8) is 0 Å². The number of aromatic amines is 1. The van der Waals surface area contributed by atoms with Gasteiger partial charge in [0.2, 0.25) is 16.7 Å². The van der Waals surface area contributed by atoms with E-state index in [0.717, 1.165) is 54.1 Å². The van der Waals surface area contributed by atoms with Crippen molar-refractivity contribution in [3.05, 3.63) is 78.1 Å². The lowest BCUT2D eigenvalue weighted by atomic mass is 10.0. The molecule has 6 heterocycles. The van der Waals surface area contributed by atoms with E-state index >= 15 is 0 Å². The number of nitrogens with zero attached hydrogens (tertiary/aromatic N) is 7. The van der Waals surface area contributed by atoms with Gasteiger partial charge >= 0.3 is 32.7 Å². The zero-order valence-electron chi connectivity index (χ0n) is 52.8. The smallest absolute Gasteiger partial charge is 0.352 e.